The molecule has 0 aliphatic heterocycles. The van der Waals surface area contributed by atoms with Crippen LogP contribution in [0.25, 0.3) is 16.3 Å². The number of hydrogen-bond donors (Lipinski definition) is 0. The molecule has 2 heteroatoms. The maximum Gasteiger partial charge on any atom is 0.221 e. The molecule has 0 N–H and O–H groups in total. The Bertz CT molecular complexity index is 517. The minimum absolute atomic E-state index is 0.663. The molecule has 1 aromatic heterocycles. The zero-order chi connectivity index (χ0) is 10.8. The minimum atomic E-state index is 0.663. The molecule has 0 spiro atoms. The Morgan fingerprint density at radius 3 is 2.80 bits per heavy atom. The molecule has 2 aromatic rings. The number of pyridine rings is 1. The average Bonchev–Trinajstić information content (AvgIpc) is 2.27. The lowest BCUT2D eigenvalue weighted by molar-refractivity contribution is 0.403. The summed E-state index contributed by atoms with van der Waals surface area (Å²) in [5, 5.41) is 2.16. The predicted molar refractivity (Wildman–Crippen MR) is 63.0 cm³/mol. The Balaban J connectivity index is 2.72. The topological polar surface area (TPSA) is 22.1 Å². The van der Waals surface area contributed by atoms with Crippen LogP contribution in [-0.4, -0.2) is 12.1 Å². The first-order chi connectivity index (χ1) is 7.22. The highest BCUT2D eigenvalue weighted by molar-refractivity contribution is 5.89. The van der Waals surface area contributed by atoms with Crippen LogP contribution in [0.2, 0.25) is 0 Å². The summed E-state index contributed by atoms with van der Waals surface area (Å²) in [4.78, 5) is 4.17. The van der Waals surface area contributed by atoms with E-state index < -0.39 is 0 Å². The fourth-order valence-corrected chi connectivity index (χ4v) is 1.57. The van der Waals surface area contributed by atoms with Crippen LogP contribution in [0.4, 0.5) is 0 Å². The van der Waals surface area contributed by atoms with Crippen molar-refractivity contribution in [3.05, 3.63) is 42.6 Å². The molecule has 0 fully saturated rings. The monoisotopic (exact) mass is 199 g/mol. The van der Waals surface area contributed by atoms with Crippen molar-refractivity contribution in [1.82, 2.24) is 4.98 Å². The van der Waals surface area contributed by atoms with E-state index in [1.54, 1.807) is 13.3 Å². The molecule has 76 valence electrons. The third-order valence-corrected chi connectivity index (χ3v) is 2.42. The van der Waals surface area contributed by atoms with Crippen LogP contribution in [0, 0.1) is 0 Å². The zero-order valence-corrected chi connectivity index (χ0v) is 8.95. The van der Waals surface area contributed by atoms with Gasteiger partial charge in [0.1, 0.15) is 0 Å². The molecule has 0 radical (unpaired) electrons. The van der Waals surface area contributed by atoms with E-state index in [9.17, 15) is 0 Å². The van der Waals surface area contributed by atoms with Gasteiger partial charge in [0.05, 0.1) is 7.11 Å². The molecule has 15 heavy (non-hydrogen) atoms. The zero-order valence-electron chi connectivity index (χ0n) is 8.95. The van der Waals surface area contributed by atoms with Gasteiger partial charge >= 0.3 is 0 Å². The lowest BCUT2D eigenvalue weighted by Gasteiger charge is -2.06. The van der Waals surface area contributed by atoms with Gasteiger partial charge in [0, 0.05) is 11.6 Å². The Labute approximate surface area is 89.2 Å². The van der Waals surface area contributed by atoms with Gasteiger partial charge in [-0.3, -0.25) is 0 Å². The summed E-state index contributed by atoms with van der Waals surface area (Å²) in [5.74, 6) is 0.663. The highest BCUT2D eigenvalue weighted by Crippen LogP contribution is 2.25. The van der Waals surface area contributed by atoms with Gasteiger partial charge in [0.25, 0.3) is 0 Å². The number of nitrogens with zero attached hydrogens (tertiary/aromatic N) is 1. The fourth-order valence-electron chi connectivity index (χ4n) is 1.57. The fraction of sp³-hybridized carbons (Fsp3) is 0.154. The van der Waals surface area contributed by atoms with Gasteiger partial charge in [0.15, 0.2) is 0 Å². The van der Waals surface area contributed by atoms with E-state index in [0.29, 0.717) is 5.88 Å². The summed E-state index contributed by atoms with van der Waals surface area (Å²) >= 11 is 0. The Hall–Kier alpha value is -1.83. The predicted octanol–water partition coefficient (Wildman–Crippen LogP) is 3.28. The smallest absolute Gasteiger partial charge is 0.221 e. The molecule has 0 amide bonds. The Morgan fingerprint density at radius 1 is 1.33 bits per heavy atom. The molecule has 0 saturated heterocycles. The summed E-state index contributed by atoms with van der Waals surface area (Å²) in [7, 11) is 1.63. The van der Waals surface area contributed by atoms with Crippen molar-refractivity contribution >= 4 is 16.3 Å². The van der Waals surface area contributed by atoms with Crippen LogP contribution in [0.15, 0.2) is 37.0 Å². The number of aromatic nitrogens is 1. The van der Waals surface area contributed by atoms with Gasteiger partial charge in [-0.25, -0.2) is 4.98 Å². The van der Waals surface area contributed by atoms with E-state index in [1.807, 2.05) is 13.0 Å². The number of rotatable bonds is 2. The van der Waals surface area contributed by atoms with E-state index in [1.165, 1.54) is 0 Å². The first-order valence-corrected chi connectivity index (χ1v) is 4.81. The number of benzene rings is 1. The lowest BCUT2D eigenvalue weighted by Crippen LogP contribution is -1.89. The molecule has 1 aromatic carbocycles. The number of ether oxygens (including phenoxy) is 1. The van der Waals surface area contributed by atoms with Gasteiger partial charge in [-0.1, -0.05) is 24.3 Å². The summed E-state index contributed by atoms with van der Waals surface area (Å²) in [5.41, 5.74) is 2.16. The van der Waals surface area contributed by atoms with Crippen LogP contribution in [0.3, 0.4) is 0 Å². The maximum absolute atomic E-state index is 5.22. The highest BCUT2D eigenvalue weighted by Gasteiger charge is 2.03. The summed E-state index contributed by atoms with van der Waals surface area (Å²) in [6.07, 6.45) is 1.75. The summed E-state index contributed by atoms with van der Waals surface area (Å²) < 4.78 is 5.22. The SMILES string of the molecule is C=C(C)c1ccc2ccnc(OC)c2c1. The largest absolute Gasteiger partial charge is 0.481 e. The second-order valence-corrected chi connectivity index (χ2v) is 3.54. The first kappa shape index (κ1) is 9.71. The van der Waals surface area contributed by atoms with Crippen LogP contribution in [0.1, 0.15) is 12.5 Å². The van der Waals surface area contributed by atoms with Gasteiger partial charge in [0.2, 0.25) is 5.88 Å². The normalized spacial score (nSPS) is 10.3. The van der Waals surface area contributed by atoms with E-state index in [0.717, 1.165) is 21.9 Å². The van der Waals surface area contributed by atoms with Gasteiger partial charge in [-0.15, -0.1) is 0 Å². The third-order valence-electron chi connectivity index (χ3n) is 2.42. The number of allylic oxidation sites excluding steroid dienone is 1. The van der Waals surface area contributed by atoms with Crippen LogP contribution >= 0.6 is 0 Å². The molecule has 0 unspecified atom stereocenters. The molecule has 0 aliphatic carbocycles. The van der Waals surface area contributed by atoms with E-state index in [-0.39, 0.29) is 0 Å². The van der Waals surface area contributed by atoms with Gasteiger partial charge in [-0.05, 0) is 30.0 Å². The third kappa shape index (κ3) is 1.71. The summed E-state index contributed by atoms with van der Waals surface area (Å²) in [6, 6.07) is 8.15. The molecule has 2 nitrogen and oxygen atoms in total. The number of hydrogen-bond acceptors (Lipinski definition) is 2. The first-order valence-electron chi connectivity index (χ1n) is 4.81. The van der Waals surface area contributed by atoms with E-state index >= 15 is 0 Å². The number of methoxy groups -OCH3 is 1. The molecular weight excluding hydrogens is 186 g/mol. The maximum atomic E-state index is 5.22. The van der Waals surface area contributed by atoms with Crippen molar-refractivity contribution in [3.63, 3.8) is 0 Å². The molecule has 0 saturated carbocycles. The molecule has 1 heterocycles. The number of fused-ring (bicyclic) bond motifs is 1. The van der Waals surface area contributed by atoms with Crippen molar-refractivity contribution < 1.29 is 4.74 Å². The highest BCUT2D eigenvalue weighted by atomic mass is 16.5. The average molecular weight is 199 g/mol. The van der Waals surface area contributed by atoms with Crippen LogP contribution in [0.5, 0.6) is 5.88 Å². The van der Waals surface area contributed by atoms with Crippen molar-refractivity contribution in [2.75, 3.05) is 7.11 Å². The second-order valence-electron chi connectivity index (χ2n) is 3.54. The minimum Gasteiger partial charge on any atom is -0.481 e. The van der Waals surface area contributed by atoms with E-state index in [4.69, 9.17) is 4.74 Å². The van der Waals surface area contributed by atoms with Crippen molar-refractivity contribution in [1.29, 1.82) is 0 Å². The Kier molecular flexibility index (Phi) is 2.42. The van der Waals surface area contributed by atoms with Crippen LogP contribution in [-0.2, 0) is 0 Å². The van der Waals surface area contributed by atoms with Gasteiger partial charge in [-0.2, -0.15) is 0 Å². The summed E-state index contributed by atoms with van der Waals surface area (Å²) in [6.45, 7) is 5.92. The quantitative estimate of drug-likeness (QED) is 0.740. The standard InChI is InChI=1S/C13H13NO/c1-9(2)11-5-4-10-6-7-14-13(15-3)12(10)8-11/h4-8H,1H2,2-3H3. The van der Waals surface area contributed by atoms with Crippen molar-refractivity contribution in [2.24, 2.45) is 0 Å². The van der Waals surface area contributed by atoms with Crippen molar-refractivity contribution in [3.8, 4) is 5.88 Å². The van der Waals surface area contributed by atoms with E-state index in [2.05, 4.69) is 29.8 Å². The van der Waals surface area contributed by atoms with Crippen molar-refractivity contribution in [2.45, 2.75) is 6.92 Å². The Morgan fingerprint density at radius 2 is 2.13 bits per heavy atom. The van der Waals surface area contributed by atoms with Gasteiger partial charge < -0.3 is 4.74 Å². The molecule has 0 bridgehead atoms. The molecule has 2 rings (SSSR count). The lowest BCUT2D eigenvalue weighted by atomic mass is 10.0. The molecule has 0 aliphatic rings. The molecule has 0 atom stereocenters. The molecular formula is C13H13NO. The second kappa shape index (κ2) is 3.73. The van der Waals surface area contributed by atoms with Crippen LogP contribution < -0.4 is 4.74 Å².